The highest BCUT2D eigenvalue weighted by atomic mass is 16.5. The van der Waals surface area contributed by atoms with E-state index in [-0.39, 0.29) is 5.78 Å². The van der Waals surface area contributed by atoms with Crippen LogP contribution in [-0.4, -0.2) is 22.0 Å². The van der Waals surface area contributed by atoms with Crippen LogP contribution in [0, 0.1) is 12.8 Å². The maximum Gasteiger partial charge on any atom is 0.314 e. The zero-order valence-corrected chi connectivity index (χ0v) is 20.9. The number of Topliss-reactive ketones (excluding diaryl/α,β-unsaturated/α-hetero) is 1. The first-order valence-corrected chi connectivity index (χ1v) is 12.9. The van der Waals surface area contributed by atoms with Crippen molar-refractivity contribution >= 4 is 11.8 Å². The van der Waals surface area contributed by atoms with Crippen molar-refractivity contribution in [3.8, 4) is 22.5 Å². The highest BCUT2D eigenvalue weighted by Crippen LogP contribution is 2.48. The summed E-state index contributed by atoms with van der Waals surface area (Å²) in [5.41, 5.74) is 7.47. The Bertz CT molecular complexity index is 1450. The summed E-state index contributed by atoms with van der Waals surface area (Å²) >= 11 is 0. The highest BCUT2D eigenvalue weighted by Gasteiger charge is 2.51. The summed E-state index contributed by atoms with van der Waals surface area (Å²) in [6, 6.07) is 24.3. The summed E-state index contributed by atoms with van der Waals surface area (Å²) in [6.07, 6.45) is 4.23. The molecule has 1 fully saturated rings. The van der Waals surface area contributed by atoms with Crippen LogP contribution in [0.5, 0.6) is 0 Å². The SMILES string of the molecule is Cc1noc(-c2ccc(-c3ccc(C4(C(=O)O)CC4)cc3)cc2)c1CC(=O)CC1Cc2ccccc2C1. The monoisotopic (exact) mass is 491 g/mol. The zero-order chi connectivity index (χ0) is 25.6. The van der Waals surface area contributed by atoms with E-state index in [4.69, 9.17) is 4.52 Å². The molecule has 0 radical (unpaired) electrons. The third-order valence-corrected chi connectivity index (χ3v) is 8.09. The van der Waals surface area contributed by atoms with Gasteiger partial charge in [-0.1, -0.05) is 78.0 Å². The summed E-state index contributed by atoms with van der Waals surface area (Å²) in [6.45, 7) is 1.89. The Labute approximate surface area is 216 Å². The molecule has 1 saturated carbocycles. The van der Waals surface area contributed by atoms with Gasteiger partial charge in [-0.25, -0.2) is 0 Å². The minimum atomic E-state index is -0.741. The average Bonchev–Trinajstić information content (AvgIpc) is 3.52. The molecule has 0 unspecified atom stereocenters. The van der Waals surface area contributed by atoms with Gasteiger partial charge in [0, 0.05) is 24.0 Å². The lowest BCUT2D eigenvalue weighted by molar-refractivity contribution is -0.140. The molecule has 2 aliphatic carbocycles. The van der Waals surface area contributed by atoms with Gasteiger partial charge in [-0.2, -0.15) is 0 Å². The molecule has 3 aromatic carbocycles. The second-order valence-corrected chi connectivity index (χ2v) is 10.6. The molecule has 4 aromatic rings. The Morgan fingerprint density at radius 1 is 0.892 bits per heavy atom. The van der Waals surface area contributed by atoms with Gasteiger partial charge in [0.2, 0.25) is 0 Å². The van der Waals surface area contributed by atoms with E-state index in [0.717, 1.165) is 46.4 Å². The van der Waals surface area contributed by atoms with E-state index in [1.165, 1.54) is 11.1 Å². The molecule has 5 nitrogen and oxygen atoms in total. The van der Waals surface area contributed by atoms with Crippen LogP contribution in [0.3, 0.4) is 0 Å². The van der Waals surface area contributed by atoms with Crippen LogP contribution in [0.25, 0.3) is 22.5 Å². The number of carbonyl (C=O) groups excluding carboxylic acids is 1. The number of carbonyl (C=O) groups is 2. The van der Waals surface area contributed by atoms with E-state index in [2.05, 4.69) is 29.4 Å². The molecule has 0 saturated heterocycles. The number of benzene rings is 3. The van der Waals surface area contributed by atoms with Crippen LogP contribution in [0.2, 0.25) is 0 Å². The summed E-state index contributed by atoms with van der Waals surface area (Å²) in [4.78, 5) is 24.6. The molecule has 6 rings (SSSR count). The summed E-state index contributed by atoms with van der Waals surface area (Å²) in [5.74, 6) is 0.496. The van der Waals surface area contributed by atoms with Crippen molar-refractivity contribution in [2.75, 3.05) is 0 Å². The van der Waals surface area contributed by atoms with Crippen LogP contribution in [-0.2, 0) is 34.3 Å². The van der Waals surface area contributed by atoms with Crippen molar-refractivity contribution in [3.05, 3.63) is 101 Å². The molecule has 1 N–H and O–H groups in total. The Morgan fingerprint density at radius 2 is 1.46 bits per heavy atom. The summed E-state index contributed by atoms with van der Waals surface area (Å²) < 4.78 is 5.67. The maximum atomic E-state index is 13.0. The summed E-state index contributed by atoms with van der Waals surface area (Å²) in [5, 5.41) is 13.7. The van der Waals surface area contributed by atoms with Gasteiger partial charge in [-0.3, -0.25) is 9.59 Å². The number of aliphatic carboxylic acids is 1. The smallest absolute Gasteiger partial charge is 0.314 e. The molecule has 186 valence electrons. The van der Waals surface area contributed by atoms with Crippen molar-refractivity contribution in [3.63, 3.8) is 0 Å². The average molecular weight is 492 g/mol. The third-order valence-electron chi connectivity index (χ3n) is 8.09. The van der Waals surface area contributed by atoms with Crippen molar-refractivity contribution in [2.24, 2.45) is 5.92 Å². The number of rotatable bonds is 8. The lowest BCUT2D eigenvalue weighted by atomic mass is 9.93. The van der Waals surface area contributed by atoms with Crippen LogP contribution >= 0.6 is 0 Å². The number of fused-ring (bicyclic) bond motifs is 1. The number of hydrogen-bond acceptors (Lipinski definition) is 4. The number of hydrogen-bond donors (Lipinski definition) is 1. The van der Waals surface area contributed by atoms with Gasteiger partial charge in [-0.05, 0) is 66.3 Å². The van der Waals surface area contributed by atoms with Crippen molar-refractivity contribution in [1.82, 2.24) is 5.16 Å². The molecule has 37 heavy (non-hydrogen) atoms. The van der Waals surface area contributed by atoms with E-state index in [0.29, 0.717) is 37.4 Å². The molecule has 0 atom stereocenters. The second-order valence-electron chi connectivity index (χ2n) is 10.6. The van der Waals surface area contributed by atoms with E-state index >= 15 is 0 Å². The topological polar surface area (TPSA) is 80.4 Å². The van der Waals surface area contributed by atoms with Gasteiger partial charge in [0.15, 0.2) is 5.76 Å². The van der Waals surface area contributed by atoms with E-state index in [9.17, 15) is 14.7 Å². The summed E-state index contributed by atoms with van der Waals surface area (Å²) in [7, 11) is 0. The molecule has 1 heterocycles. The van der Waals surface area contributed by atoms with Gasteiger partial charge in [-0.15, -0.1) is 0 Å². The highest BCUT2D eigenvalue weighted by molar-refractivity contribution is 5.85. The number of ketones is 1. The van der Waals surface area contributed by atoms with E-state index < -0.39 is 11.4 Å². The minimum absolute atomic E-state index is 0.219. The quantitative estimate of drug-likeness (QED) is 0.311. The number of carboxylic acid groups (broad SMARTS) is 1. The number of aromatic nitrogens is 1. The fourth-order valence-electron chi connectivity index (χ4n) is 5.76. The number of aryl methyl sites for hydroxylation is 1. The van der Waals surface area contributed by atoms with E-state index in [1.807, 2.05) is 55.5 Å². The molecule has 0 spiro atoms. The fraction of sp³-hybridized carbons (Fsp3) is 0.281. The Kier molecular flexibility index (Phi) is 5.79. The van der Waals surface area contributed by atoms with Crippen LogP contribution in [0.4, 0.5) is 0 Å². The van der Waals surface area contributed by atoms with Gasteiger partial charge in [0.25, 0.3) is 0 Å². The second kappa shape index (κ2) is 9.15. The van der Waals surface area contributed by atoms with Gasteiger partial charge >= 0.3 is 5.97 Å². The zero-order valence-electron chi connectivity index (χ0n) is 20.9. The molecular formula is C32H29NO4. The fourth-order valence-corrected chi connectivity index (χ4v) is 5.76. The molecule has 0 bridgehead atoms. The molecule has 5 heteroatoms. The predicted molar refractivity (Wildman–Crippen MR) is 141 cm³/mol. The van der Waals surface area contributed by atoms with Crippen LogP contribution < -0.4 is 0 Å². The van der Waals surface area contributed by atoms with Crippen LogP contribution in [0.1, 0.15) is 47.2 Å². The molecular weight excluding hydrogens is 462 g/mol. The van der Waals surface area contributed by atoms with Crippen molar-refractivity contribution in [2.45, 2.75) is 50.9 Å². The normalized spacial score (nSPS) is 15.9. The number of nitrogens with zero attached hydrogens (tertiary/aromatic N) is 1. The van der Waals surface area contributed by atoms with Crippen LogP contribution in [0.15, 0.2) is 77.3 Å². The lowest BCUT2D eigenvalue weighted by Gasteiger charge is -2.11. The van der Waals surface area contributed by atoms with E-state index in [1.54, 1.807) is 0 Å². The lowest BCUT2D eigenvalue weighted by Crippen LogP contribution is -2.19. The predicted octanol–water partition coefficient (Wildman–Crippen LogP) is 6.35. The Morgan fingerprint density at radius 3 is 2.03 bits per heavy atom. The molecule has 2 aliphatic rings. The molecule has 1 aromatic heterocycles. The molecule has 0 aliphatic heterocycles. The van der Waals surface area contributed by atoms with Crippen molar-refractivity contribution in [1.29, 1.82) is 0 Å². The van der Waals surface area contributed by atoms with Crippen molar-refractivity contribution < 1.29 is 19.2 Å². The van der Waals surface area contributed by atoms with Gasteiger partial charge in [0.05, 0.1) is 11.1 Å². The molecule has 0 amide bonds. The first kappa shape index (κ1) is 23.4. The standard InChI is InChI=1S/C32H29NO4/c1-20-29(19-28(34)18-21-16-25-4-2-3-5-26(25)17-21)30(37-33-20)24-8-6-22(7-9-24)23-10-12-27(13-11-23)32(14-15-32)31(35)36/h2-13,21H,14-19H2,1H3,(H,35,36). The largest absolute Gasteiger partial charge is 0.481 e. The Hall–Kier alpha value is -3.99. The maximum absolute atomic E-state index is 13.0. The first-order valence-electron chi connectivity index (χ1n) is 12.9. The minimum Gasteiger partial charge on any atom is -0.481 e. The van der Waals surface area contributed by atoms with Gasteiger partial charge < -0.3 is 9.63 Å². The third kappa shape index (κ3) is 4.39. The van der Waals surface area contributed by atoms with Gasteiger partial charge in [0.1, 0.15) is 5.78 Å². The number of carboxylic acids is 1. The first-order chi connectivity index (χ1) is 17.9. The Balaban J connectivity index is 1.15.